The molecule has 1 aliphatic carbocycles. The number of anilines is 1. The third-order valence-corrected chi connectivity index (χ3v) is 7.30. The molecule has 0 atom stereocenters. The second-order valence-electron chi connectivity index (χ2n) is 8.18. The molecule has 2 aromatic rings. The van der Waals surface area contributed by atoms with E-state index < -0.39 is 14.8 Å². The molecule has 0 amide bonds. The summed E-state index contributed by atoms with van der Waals surface area (Å²) in [7, 11) is -1.66. The molecule has 1 aliphatic rings. The van der Waals surface area contributed by atoms with E-state index in [2.05, 4.69) is 15.0 Å². The van der Waals surface area contributed by atoms with Crippen LogP contribution < -0.4 is 14.8 Å². The van der Waals surface area contributed by atoms with Gasteiger partial charge in [0.15, 0.2) is 5.58 Å². The Labute approximate surface area is 160 Å². The fraction of sp³-hybridized carbons (Fsp3) is 0.632. The first-order valence-electron chi connectivity index (χ1n) is 9.38. The van der Waals surface area contributed by atoms with Gasteiger partial charge in [0.05, 0.1) is 11.9 Å². The van der Waals surface area contributed by atoms with Crippen molar-refractivity contribution in [2.45, 2.75) is 57.2 Å². The smallest absolute Gasteiger partial charge is 0.295 e. The third kappa shape index (κ3) is 4.73. The van der Waals surface area contributed by atoms with E-state index in [0.717, 1.165) is 36.9 Å². The van der Waals surface area contributed by atoms with Crippen molar-refractivity contribution < 1.29 is 17.6 Å². The normalized spacial score (nSPS) is 21.3. The molecule has 27 heavy (non-hydrogen) atoms. The van der Waals surface area contributed by atoms with Crippen LogP contribution in [-0.2, 0) is 10.0 Å². The minimum absolute atomic E-state index is 0.287. The molecular weight excluding hydrogens is 366 g/mol. The molecule has 1 heterocycles. The number of benzene rings is 1. The van der Waals surface area contributed by atoms with E-state index in [1.807, 2.05) is 18.2 Å². The SMILES string of the molecule is COc1ccc2nc(NC3CCC(CNS(=O)(=O)C(C)(C)C)CC3)oc2c1. The van der Waals surface area contributed by atoms with Crippen molar-refractivity contribution in [1.82, 2.24) is 9.71 Å². The Hall–Kier alpha value is -1.80. The van der Waals surface area contributed by atoms with Crippen LogP contribution >= 0.6 is 0 Å². The number of methoxy groups -OCH3 is 1. The minimum atomic E-state index is -3.28. The topological polar surface area (TPSA) is 93.5 Å². The Morgan fingerprint density at radius 3 is 2.56 bits per heavy atom. The Morgan fingerprint density at radius 1 is 1.22 bits per heavy atom. The van der Waals surface area contributed by atoms with Crippen LogP contribution in [0.25, 0.3) is 11.1 Å². The number of aromatic nitrogens is 1. The maximum atomic E-state index is 12.2. The van der Waals surface area contributed by atoms with Gasteiger partial charge in [-0.2, -0.15) is 4.98 Å². The molecule has 0 saturated heterocycles. The molecule has 0 radical (unpaired) electrons. The Bertz CT molecular complexity index is 878. The highest BCUT2D eigenvalue weighted by molar-refractivity contribution is 7.90. The fourth-order valence-corrected chi connectivity index (χ4v) is 4.11. The van der Waals surface area contributed by atoms with Gasteiger partial charge >= 0.3 is 0 Å². The van der Waals surface area contributed by atoms with Gasteiger partial charge in [-0.05, 0) is 64.5 Å². The highest BCUT2D eigenvalue weighted by Gasteiger charge is 2.30. The lowest BCUT2D eigenvalue weighted by Gasteiger charge is -2.29. The molecule has 0 bridgehead atoms. The standard InChI is InChI=1S/C19H29N3O4S/c1-19(2,3)27(23,24)20-12-13-5-7-14(8-6-13)21-18-22-16-10-9-15(25-4)11-17(16)26-18/h9-11,13-14,20H,5-8,12H2,1-4H3,(H,21,22). The van der Waals surface area contributed by atoms with Crippen LogP contribution in [0.15, 0.2) is 22.6 Å². The molecule has 2 N–H and O–H groups in total. The van der Waals surface area contributed by atoms with Gasteiger partial charge in [-0.15, -0.1) is 0 Å². The van der Waals surface area contributed by atoms with Gasteiger partial charge in [-0.1, -0.05) is 0 Å². The highest BCUT2D eigenvalue weighted by atomic mass is 32.2. The summed E-state index contributed by atoms with van der Waals surface area (Å²) >= 11 is 0. The monoisotopic (exact) mass is 395 g/mol. The summed E-state index contributed by atoms with van der Waals surface area (Å²) in [5, 5.41) is 3.37. The van der Waals surface area contributed by atoms with E-state index in [4.69, 9.17) is 9.15 Å². The predicted molar refractivity (Wildman–Crippen MR) is 107 cm³/mol. The molecule has 150 valence electrons. The van der Waals surface area contributed by atoms with Crippen LogP contribution in [0.1, 0.15) is 46.5 Å². The number of hydrogen-bond donors (Lipinski definition) is 2. The molecule has 1 aromatic heterocycles. The van der Waals surface area contributed by atoms with Crippen molar-refractivity contribution in [3.63, 3.8) is 0 Å². The van der Waals surface area contributed by atoms with Crippen molar-refractivity contribution in [2.24, 2.45) is 5.92 Å². The van der Waals surface area contributed by atoms with Crippen LogP contribution in [-0.4, -0.2) is 37.8 Å². The summed E-state index contributed by atoms with van der Waals surface area (Å²) in [6.45, 7) is 5.65. The van der Waals surface area contributed by atoms with Crippen molar-refractivity contribution in [2.75, 3.05) is 19.0 Å². The van der Waals surface area contributed by atoms with Gasteiger partial charge in [-0.25, -0.2) is 13.1 Å². The summed E-state index contributed by atoms with van der Waals surface area (Å²) in [5.41, 5.74) is 1.49. The second-order valence-corrected chi connectivity index (χ2v) is 10.7. The first-order chi connectivity index (χ1) is 12.7. The predicted octanol–water partition coefficient (Wildman–Crippen LogP) is 3.53. The fourth-order valence-electron chi connectivity index (χ4n) is 3.22. The Balaban J connectivity index is 1.51. The molecule has 0 spiro atoms. The molecule has 1 fully saturated rings. The van der Waals surface area contributed by atoms with Crippen LogP contribution in [0.3, 0.4) is 0 Å². The van der Waals surface area contributed by atoms with E-state index in [1.54, 1.807) is 27.9 Å². The van der Waals surface area contributed by atoms with Gasteiger partial charge in [0.2, 0.25) is 10.0 Å². The zero-order valence-corrected chi connectivity index (χ0v) is 17.2. The lowest BCUT2D eigenvalue weighted by atomic mass is 9.86. The van der Waals surface area contributed by atoms with Crippen LogP contribution in [0.4, 0.5) is 6.01 Å². The molecule has 0 aliphatic heterocycles. The largest absolute Gasteiger partial charge is 0.497 e. The lowest BCUT2D eigenvalue weighted by Crippen LogP contribution is -2.42. The summed E-state index contributed by atoms with van der Waals surface area (Å²) in [6.07, 6.45) is 3.87. The van der Waals surface area contributed by atoms with Crippen molar-refractivity contribution in [1.29, 1.82) is 0 Å². The number of hydrogen-bond acceptors (Lipinski definition) is 6. The van der Waals surface area contributed by atoms with Gasteiger partial charge in [0.25, 0.3) is 6.01 Å². The van der Waals surface area contributed by atoms with E-state index in [-0.39, 0.29) is 6.04 Å². The van der Waals surface area contributed by atoms with E-state index >= 15 is 0 Å². The van der Waals surface area contributed by atoms with Crippen LogP contribution in [0.2, 0.25) is 0 Å². The summed E-state index contributed by atoms with van der Waals surface area (Å²) in [6, 6.07) is 6.37. The van der Waals surface area contributed by atoms with Crippen molar-refractivity contribution in [3.8, 4) is 5.75 Å². The van der Waals surface area contributed by atoms with Crippen LogP contribution in [0, 0.1) is 5.92 Å². The third-order valence-electron chi connectivity index (χ3n) is 5.14. The van der Waals surface area contributed by atoms with Crippen molar-refractivity contribution >= 4 is 27.1 Å². The van der Waals surface area contributed by atoms with Gasteiger partial charge in [0, 0.05) is 18.7 Å². The van der Waals surface area contributed by atoms with E-state index in [1.165, 1.54) is 0 Å². The van der Waals surface area contributed by atoms with Gasteiger partial charge < -0.3 is 14.5 Å². The summed E-state index contributed by atoms with van der Waals surface area (Å²) < 4.78 is 37.3. The lowest BCUT2D eigenvalue weighted by molar-refractivity contribution is 0.333. The number of sulfonamides is 1. The maximum absolute atomic E-state index is 12.2. The first-order valence-corrected chi connectivity index (χ1v) is 10.9. The number of rotatable bonds is 6. The average molecular weight is 396 g/mol. The maximum Gasteiger partial charge on any atom is 0.295 e. The van der Waals surface area contributed by atoms with E-state index in [0.29, 0.717) is 24.1 Å². The molecular formula is C19H29N3O4S. The molecule has 7 nitrogen and oxygen atoms in total. The first kappa shape index (κ1) is 19.9. The number of nitrogens with zero attached hydrogens (tertiary/aromatic N) is 1. The summed E-state index contributed by atoms with van der Waals surface area (Å²) in [5.74, 6) is 1.11. The van der Waals surface area contributed by atoms with E-state index in [9.17, 15) is 8.42 Å². The molecule has 3 rings (SSSR count). The number of oxazole rings is 1. The van der Waals surface area contributed by atoms with Gasteiger partial charge in [-0.3, -0.25) is 0 Å². The molecule has 1 saturated carbocycles. The summed E-state index contributed by atoms with van der Waals surface area (Å²) in [4.78, 5) is 4.47. The Morgan fingerprint density at radius 2 is 1.93 bits per heavy atom. The second kappa shape index (κ2) is 7.67. The number of nitrogens with one attached hydrogen (secondary N) is 2. The number of fused-ring (bicyclic) bond motifs is 1. The van der Waals surface area contributed by atoms with Crippen LogP contribution in [0.5, 0.6) is 5.75 Å². The Kier molecular flexibility index (Phi) is 5.67. The molecule has 8 heteroatoms. The van der Waals surface area contributed by atoms with Crippen molar-refractivity contribution in [3.05, 3.63) is 18.2 Å². The zero-order valence-electron chi connectivity index (χ0n) is 16.4. The highest BCUT2D eigenvalue weighted by Crippen LogP contribution is 2.29. The number of ether oxygens (including phenoxy) is 1. The minimum Gasteiger partial charge on any atom is -0.497 e. The quantitative estimate of drug-likeness (QED) is 0.777. The zero-order chi connectivity index (χ0) is 19.7. The molecule has 1 aromatic carbocycles. The average Bonchev–Trinajstić information content (AvgIpc) is 3.01. The van der Waals surface area contributed by atoms with Gasteiger partial charge in [0.1, 0.15) is 11.3 Å². The molecule has 0 unspecified atom stereocenters.